The minimum absolute atomic E-state index is 0.166. The predicted molar refractivity (Wildman–Crippen MR) is 154 cm³/mol. The average Bonchev–Trinajstić information content (AvgIpc) is 3.13. The lowest BCUT2D eigenvalue weighted by molar-refractivity contribution is 0.111. The van der Waals surface area contributed by atoms with Crippen LogP contribution in [0.15, 0.2) is 70.3 Å². The highest BCUT2D eigenvalue weighted by Crippen LogP contribution is 2.33. The first-order valence-electron chi connectivity index (χ1n) is 12.5. The molecule has 2 aromatic heterocycles. The number of hydrogen-bond donors (Lipinski definition) is 1. The van der Waals surface area contributed by atoms with Crippen LogP contribution in [-0.4, -0.2) is 51.5 Å². The topological polar surface area (TPSA) is 86.3 Å². The molecule has 9 nitrogen and oxygen atoms in total. The number of alkyl halides is 1. The summed E-state index contributed by atoms with van der Waals surface area (Å²) < 4.78 is 10.4. The molecule has 0 radical (unpaired) electrons. The van der Waals surface area contributed by atoms with E-state index in [2.05, 4.69) is 44.9 Å². The van der Waals surface area contributed by atoms with Crippen LogP contribution in [0.3, 0.4) is 0 Å². The zero-order chi connectivity index (χ0) is 25.8. The van der Waals surface area contributed by atoms with E-state index in [1.807, 2.05) is 53.1 Å². The number of anilines is 1. The average molecular weight is 614 g/mol. The zero-order valence-electron chi connectivity index (χ0n) is 20.8. The number of hydrogen-bond acceptors (Lipinski definition) is 6. The third-order valence-corrected chi connectivity index (χ3v) is 7.93. The van der Waals surface area contributed by atoms with Gasteiger partial charge in [-0.05, 0) is 24.1 Å². The summed E-state index contributed by atoms with van der Waals surface area (Å²) in [5.41, 5.74) is 2.21. The molecule has 1 aliphatic heterocycles. The van der Waals surface area contributed by atoms with Crippen LogP contribution in [0.1, 0.15) is 21.6 Å². The van der Waals surface area contributed by atoms with Gasteiger partial charge in [0.05, 0.1) is 19.8 Å². The number of ether oxygens (including phenoxy) is 1. The van der Waals surface area contributed by atoms with Gasteiger partial charge < -0.3 is 15.0 Å². The summed E-state index contributed by atoms with van der Waals surface area (Å²) in [4.78, 5) is 34.3. The fourth-order valence-electron chi connectivity index (χ4n) is 4.69. The highest BCUT2D eigenvalue weighted by atomic mass is 127. The van der Waals surface area contributed by atoms with Gasteiger partial charge >= 0.3 is 5.69 Å². The Morgan fingerprint density at radius 3 is 2.51 bits per heavy atom. The first-order chi connectivity index (χ1) is 18.1. The van der Waals surface area contributed by atoms with Crippen molar-refractivity contribution in [3.05, 3.63) is 92.6 Å². The van der Waals surface area contributed by atoms with Crippen LogP contribution in [0, 0.1) is 0 Å². The van der Waals surface area contributed by atoms with E-state index in [-0.39, 0.29) is 28.4 Å². The molecule has 1 aliphatic rings. The molecule has 194 valence electrons. The normalized spacial score (nSPS) is 15.1. The Labute approximate surface area is 228 Å². The lowest BCUT2D eigenvalue weighted by atomic mass is 10.2. The van der Waals surface area contributed by atoms with Crippen LogP contribution < -0.4 is 21.5 Å². The van der Waals surface area contributed by atoms with Gasteiger partial charge in [0.1, 0.15) is 4.05 Å². The quantitative estimate of drug-likeness (QED) is 0.187. The second-order valence-electron chi connectivity index (χ2n) is 9.13. The molecule has 0 spiro atoms. The fourth-order valence-corrected chi connectivity index (χ4v) is 5.63. The molecule has 0 saturated carbocycles. The van der Waals surface area contributed by atoms with Crippen molar-refractivity contribution in [2.75, 3.05) is 37.7 Å². The van der Waals surface area contributed by atoms with Gasteiger partial charge in [0.15, 0.2) is 11.2 Å². The maximum Gasteiger partial charge on any atom is 0.332 e. The van der Waals surface area contributed by atoms with Crippen molar-refractivity contribution >= 4 is 39.7 Å². The van der Waals surface area contributed by atoms with Gasteiger partial charge in [0, 0.05) is 26.7 Å². The number of aryl methyl sites for hydroxylation is 1. The van der Waals surface area contributed by atoms with Gasteiger partial charge in [-0.15, -0.1) is 0 Å². The third kappa shape index (κ3) is 5.36. The smallest absolute Gasteiger partial charge is 0.332 e. The number of aromatic nitrogens is 4. The highest BCUT2D eigenvalue weighted by Gasteiger charge is 2.27. The maximum atomic E-state index is 13.9. The lowest BCUT2D eigenvalue weighted by Crippen LogP contribution is -2.40. The molecule has 2 aromatic carbocycles. The van der Waals surface area contributed by atoms with E-state index in [4.69, 9.17) is 9.72 Å². The number of rotatable bonds is 8. The number of nitrogens with one attached hydrogen (secondary N) is 1. The van der Waals surface area contributed by atoms with E-state index < -0.39 is 0 Å². The second kappa shape index (κ2) is 11.6. The summed E-state index contributed by atoms with van der Waals surface area (Å²) in [6, 6.07) is 19.9. The van der Waals surface area contributed by atoms with Crippen molar-refractivity contribution in [1.82, 2.24) is 24.0 Å². The lowest BCUT2D eigenvalue weighted by Gasteiger charge is -2.25. The minimum atomic E-state index is -0.390. The van der Waals surface area contributed by atoms with Crippen molar-refractivity contribution in [2.24, 2.45) is 7.05 Å². The Hall–Kier alpha value is -2.96. The van der Waals surface area contributed by atoms with Gasteiger partial charge in [0.25, 0.3) is 5.56 Å². The van der Waals surface area contributed by atoms with Gasteiger partial charge in [-0.2, -0.15) is 4.98 Å². The van der Waals surface area contributed by atoms with Crippen molar-refractivity contribution in [3.63, 3.8) is 0 Å². The summed E-state index contributed by atoms with van der Waals surface area (Å²) in [6.45, 7) is 4.22. The summed E-state index contributed by atoms with van der Waals surface area (Å²) in [5.74, 6) is 0.715. The molecular weight excluding hydrogens is 583 g/mol. The molecule has 37 heavy (non-hydrogen) atoms. The monoisotopic (exact) mass is 614 g/mol. The highest BCUT2D eigenvalue weighted by molar-refractivity contribution is 14.1. The van der Waals surface area contributed by atoms with E-state index in [1.54, 1.807) is 7.05 Å². The molecule has 5 rings (SSSR count). The number of imidazole rings is 1. The molecule has 10 heteroatoms. The predicted octanol–water partition coefficient (Wildman–Crippen LogP) is 2.90. The largest absolute Gasteiger partial charge is 0.375 e. The van der Waals surface area contributed by atoms with Gasteiger partial charge in [-0.25, -0.2) is 4.79 Å². The minimum Gasteiger partial charge on any atom is -0.375 e. The molecular formula is C27H31IN6O3. The standard InChI is InChI=1S/C27H31IN6O3/c1-31-24-22(25(35)33(27(31)36)17-18-37-19-20-9-4-2-5-10-20)34(23(28)21-11-6-3-7-12-21)26(30-24)32-15-8-13-29-14-16-32/h2-7,9-12,23,29H,8,13-19H2,1H3. The van der Waals surface area contributed by atoms with E-state index >= 15 is 0 Å². The van der Waals surface area contributed by atoms with Gasteiger partial charge in [0.2, 0.25) is 5.95 Å². The number of fused-ring (bicyclic) bond motifs is 1. The third-order valence-electron chi connectivity index (χ3n) is 6.65. The molecule has 0 aliphatic carbocycles. The van der Waals surface area contributed by atoms with E-state index in [1.165, 1.54) is 9.13 Å². The van der Waals surface area contributed by atoms with Gasteiger partial charge in [-0.3, -0.25) is 18.5 Å². The second-order valence-corrected chi connectivity index (χ2v) is 10.3. The van der Waals surface area contributed by atoms with Crippen molar-refractivity contribution in [3.8, 4) is 0 Å². The van der Waals surface area contributed by atoms with E-state index in [0.29, 0.717) is 23.7 Å². The molecule has 1 saturated heterocycles. The number of halogens is 1. The maximum absolute atomic E-state index is 13.9. The Balaban J connectivity index is 1.57. The zero-order valence-corrected chi connectivity index (χ0v) is 23.0. The summed E-state index contributed by atoms with van der Waals surface area (Å²) in [7, 11) is 1.68. The molecule has 3 heterocycles. The molecule has 4 aromatic rings. The Morgan fingerprint density at radius 2 is 1.76 bits per heavy atom. The molecule has 1 atom stereocenters. The molecule has 1 N–H and O–H groups in total. The van der Waals surface area contributed by atoms with E-state index in [0.717, 1.165) is 43.7 Å². The van der Waals surface area contributed by atoms with Crippen LogP contribution in [0.25, 0.3) is 11.2 Å². The Bertz CT molecular complexity index is 1460. The van der Waals surface area contributed by atoms with E-state index in [9.17, 15) is 9.59 Å². The number of benzene rings is 2. The van der Waals surface area contributed by atoms with Crippen molar-refractivity contribution in [1.29, 1.82) is 0 Å². The van der Waals surface area contributed by atoms with Crippen LogP contribution in [-0.2, 0) is 24.9 Å². The first-order valence-corrected chi connectivity index (χ1v) is 13.8. The van der Waals surface area contributed by atoms with Crippen LogP contribution >= 0.6 is 22.6 Å². The van der Waals surface area contributed by atoms with Crippen LogP contribution in [0.2, 0.25) is 0 Å². The van der Waals surface area contributed by atoms with Crippen LogP contribution in [0.5, 0.6) is 0 Å². The van der Waals surface area contributed by atoms with Gasteiger partial charge in [-0.1, -0.05) is 83.3 Å². The Morgan fingerprint density at radius 1 is 1.03 bits per heavy atom. The molecule has 1 fully saturated rings. The fraction of sp³-hybridized carbons (Fsp3) is 0.370. The SMILES string of the molecule is Cn1c(=O)n(CCOCc2ccccc2)c(=O)c2c1nc(N1CCCNCC1)n2C(I)c1ccccc1. The van der Waals surface area contributed by atoms with Crippen molar-refractivity contribution < 1.29 is 4.74 Å². The number of nitrogens with zero attached hydrogens (tertiary/aromatic N) is 5. The molecule has 1 unspecified atom stereocenters. The summed E-state index contributed by atoms with van der Waals surface area (Å²) >= 11 is 2.36. The molecule has 0 amide bonds. The molecule has 0 bridgehead atoms. The summed E-state index contributed by atoms with van der Waals surface area (Å²) in [6.07, 6.45) is 0.975. The first kappa shape index (κ1) is 25.7. The van der Waals surface area contributed by atoms with Crippen molar-refractivity contribution in [2.45, 2.75) is 23.6 Å². The Kier molecular flexibility index (Phi) is 8.06. The summed E-state index contributed by atoms with van der Waals surface area (Å²) in [5, 5.41) is 3.43. The van der Waals surface area contributed by atoms with Crippen LogP contribution in [0.4, 0.5) is 5.95 Å².